The summed E-state index contributed by atoms with van der Waals surface area (Å²) in [5.74, 6) is 0.278. The Hall–Kier alpha value is -3.17. The third kappa shape index (κ3) is 5.91. The van der Waals surface area contributed by atoms with Crippen molar-refractivity contribution in [1.82, 2.24) is 14.9 Å². The molecule has 0 spiro atoms. The van der Waals surface area contributed by atoms with Crippen molar-refractivity contribution in [2.24, 2.45) is 5.92 Å². The molecule has 35 heavy (non-hydrogen) atoms. The molecule has 1 atom stereocenters. The minimum atomic E-state index is -3.75. The quantitative estimate of drug-likeness (QED) is 0.512. The van der Waals surface area contributed by atoms with Crippen molar-refractivity contribution < 1.29 is 13.2 Å². The van der Waals surface area contributed by atoms with E-state index in [0.29, 0.717) is 31.2 Å². The molecule has 184 valence electrons. The molecule has 10 heteroatoms. The van der Waals surface area contributed by atoms with E-state index in [-0.39, 0.29) is 28.5 Å². The second-order valence-corrected chi connectivity index (χ2v) is 10.9. The number of nitrogens with one attached hydrogen (secondary N) is 1. The van der Waals surface area contributed by atoms with Crippen LogP contribution in [0.2, 0.25) is 5.02 Å². The zero-order valence-corrected chi connectivity index (χ0v) is 21.2. The molecule has 1 fully saturated rings. The van der Waals surface area contributed by atoms with Crippen molar-refractivity contribution in [2.45, 2.75) is 24.7 Å². The summed E-state index contributed by atoms with van der Waals surface area (Å²) in [6.45, 7) is 6.66. The average molecular weight is 514 g/mol. The standard InChI is InChI=1S/C25H28ClN5O3S/c1-18(2)24(19-3-5-20(26)6-4-19)25(32)31-15-13-30(14-16-31)21-7-9-22(10-8-21)35(33,34)29-23-11-12-27-17-28-23/h3-12,17-18,24H,13-16H2,1-2H3,(H,27,28,29). The fourth-order valence-electron chi connectivity index (χ4n) is 4.25. The lowest BCUT2D eigenvalue weighted by molar-refractivity contribution is -0.134. The van der Waals surface area contributed by atoms with Crippen molar-refractivity contribution >= 4 is 39.0 Å². The Morgan fingerprint density at radius 2 is 1.63 bits per heavy atom. The third-order valence-electron chi connectivity index (χ3n) is 6.09. The molecule has 0 radical (unpaired) electrons. The molecule has 8 nitrogen and oxygen atoms in total. The van der Waals surface area contributed by atoms with Gasteiger partial charge in [0, 0.05) is 43.1 Å². The van der Waals surface area contributed by atoms with E-state index < -0.39 is 10.0 Å². The lowest BCUT2D eigenvalue weighted by Gasteiger charge is -2.38. The number of rotatable bonds is 7. The first-order valence-electron chi connectivity index (χ1n) is 11.4. The maximum absolute atomic E-state index is 13.4. The van der Waals surface area contributed by atoms with E-state index in [1.807, 2.05) is 29.2 Å². The Balaban J connectivity index is 1.39. The first-order chi connectivity index (χ1) is 16.7. The second-order valence-electron chi connectivity index (χ2n) is 8.78. The molecule has 1 aromatic heterocycles. The Labute approximate surface area is 211 Å². The summed E-state index contributed by atoms with van der Waals surface area (Å²) < 4.78 is 27.7. The zero-order valence-electron chi connectivity index (χ0n) is 19.6. The molecular weight excluding hydrogens is 486 g/mol. The molecule has 1 saturated heterocycles. The highest BCUT2D eigenvalue weighted by Gasteiger charge is 2.31. The maximum Gasteiger partial charge on any atom is 0.263 e. The Morgan fingerprint density at radius 3 is 2.20 bits per heavy atom. The van der Waals surface area contributed by atoms with Gasteiger partial charge in [-0.05, 0) is 53.9 Å². The summed E-state index contributed by atoms with van der Waals surface area (Å²) in [7, 11) is -3.75. The summed E-state index contributed by atoms with van der Waals surface area (Å²) >= 11 is 6.03. The van der Waals surface area contributed by atoms with Crippen LogP contribution in [-0.2, 0) is 14.8 Å². The van der Waals surface area contributed by atoms with E-state index in [2.05, 4.69) is 33.4 Å². The van der Waals surface area contributed by atoms with Gasteiger partial charge in [-0.15, -0.1) is 0 Å². The van der Waals surface area contributed by atoms with Gasteiger partial charge in [-0.3, -0.25) is 9.52 Å². The van der Waals surface area contributed by atoms with Crippen LogP contribution in [0.5, 0.6) is 0 Å². The van der Waals surface area contributed by atoms with Gasteiger partial charge in [0.25, 0.3) is 10.0 Å². The summed E-state index contributed by atoms with van der Waals surface area (Å²) in [6.07, 6.45) is 2.75. The Morgan fingerprint density at radius 1 is 0.971 bits per heavy atom. The van der Waals surface area contributed by atoms with E-state index in [1.165, 1.54) is 18.6 Å². The molecule has 1 aliphatic rings. The molecule has 0 saturated carbocycles. The van der Waals surface area contributed by atoms with Gasteiger partial charge in [-0.25, -0.2) is 18.4 Å². The number of carbonyl (C=O) groups excluding carboxylic acids is 1. The van der Waals surface area contributed by atoms with Gasteiger partial charge in [-0.1, -0.05) is 37.6 Å². The van der Waals surface area contributed by atoms with Crippen LogP contribution >= 0.6 is 11.6 Å². The number of amides is 1. The number of nitrogens with zero attached hydrogens (tertiary/aromatic N) is 4. The topological polar surface area (TPSA) is 95.5 Å². The summed E-state index contributed by atoms with van der Waals surface area (Å²) in [4.78, 5) is 25.3. The molecule has 1 N–H and O–H groups in total. The van der Waals surface area contributed by atoms with Crippen LogP contribution in [0.1, 0.15) is 25.3 Å². The van der Waals surface area contributed by atoms with Crippen LogP contribution in [0.25, 0.3) is 0 Å². The van der Waals surface area contributed by atoms with Crippen molar-refractivity contribution in [3.8, 4) is 0 Å². The van der Waals surface area contributed by atoms with Gasteiger partial charge in [0.05, 0.1) is 10.8 Å². The first-order valence-corrected chi connectivity index (χ1v) is 13.3. The van der Waals surface area contributed by atoms with E-state index in [4.69, 9.17) is 11.6 Å². The minimum Gasteiger partial charge on any atom is -0.368 e. The molecule has 2 heterocycles. The van der Waals surface area contributed by atoms with Gasteiger partial charge in [0.2, 0.25) is 5.91 Å². The van der Waals surface area contributed by atoms with E-state index >= 15 is 0 Å². The third-order valence-corrected chi connectivity index (χ3v) is 7.71. The number of sulfonamides is 1. The number of hydrogen-bond donors (Lipinski definition) is 1. The molecular formula is C25H28ClN5O3S. The van der Waals surface area contributed by atoms with Crippen LogP contribution < -0.4 is 9.62 Å². The molecule has 0 bridgehead atoms. The van der Waals surface area contributed by atoms with Gasteiger partial charge >= 0.3 is 0 Å². The average Bonchev–Trinajstić information content (AvgIpc) is 2.86. The number of hydrogen-bond acceptors (Lipinski definition) is 6. The number of halogens is 1. The van der Waals surface area contributed by atoms with Crippen molar-refractivity contribution in [2.75, 3.05) is 35.8 Å². The number of anilines is 2. The largest absolute Gasteiger partial charge is 0.368 e. The highest BCUT2D eigenvalue weighted by Crippen LogP contribution is 2.29. The fourth-order valence-corrected chi connectivity index (χ4v) is 5.38. The number of piperazine rings is 1. The van der Waals surface area contributed by atoms with Gasteiger partial charge in [0.15, 0.2) is 0 Å². The van der Waals surface area contributed by atoms with Gasteiger partial charge in [0.1, 0.15) is 12.1 Å². The van der Waals surface area contributed by atoms with E-state index in [0.717, 1.165) is 11.3 Å². The lowest BCUT2D eigenvalue weighted by Crippen LogP contribution is -2.50. The molecule has 0 aliphatic carbocycles. The monoisotopic (exact) mass is 513 g/mol. The van der Waals surface area contributed by atoms with Crippen molar-refractivity contribution in [3.63, 3.8) is 0 Å². The van der Waals surface area contributed by atoms with E-state index in [1.54, 1.807) is 24.3 Å². The highest BCUT2D eigenvalue weighted by molar-refractivity contribution is 7.92. The SMILES string of the molecule is CC(C)C(C(=O)N1CCN(c2ccc(S(=O)(=O)Nc3ccncn3)cc2)CC1)c1ccc(Cl)cc1. The van der Waals surface area contributed by atoms with E-state index in [9.17, 15) is 13.2 Å². The molecule has 1 aliphatic heterocycles. The van der Waals surface area contributed by atoms with Crippen LogP contribution in [0.4, 0.5) is 11.5 Å². The predicted molar refractivity (Wildman–Crippen MR) is 137 cm³/mol. The summed E-state index contributed by atoms with van der Waals surface area (Å²) in [6, 6.07) is 15.7. The normalized spacial score (nSPS) is 15.2. The van der Waals surface area contributed by atoms with Crippen LogP contribution in [0, 0.1) is 5.92 Å². The minimum absolute atomic E-state index is 0.124. The number of carbonyl (C=O) groups is 1. The second kappa shape index (κ2) is 10.6. The van der Waals surface area contributed by atoms with Gasteiger partial charge in [-0.2, -0.15) is 0 Å². The number of aromatic nitrogens is 2. The van der Waals surface area contributed by atoms with Crippen LogP contribution in [-0.4, -0.2) is 55.4 Å². The van der Waals surface area contributed by atoms with Crippen molar-refractivity contribution in [1.29, 1.82) is 0 Å². The smallest absolute Gasteiger partial charge is 0.263 e. The number of benzene rings is 2. The Kier molecular flexibility index (Phi) is 7.57. The predicted octanol–water partition coefficient (Wildman–Crippen LogP) is 4.02. The lowest BCUT2D eigenvalue weighted by atomic mass is 9.87. The maximum atomic E-state index is 13.4. The zero-order chi connectivity index (χ0) is 25.0. The van der Waals surface area contributed by atoms with Crippen LogP contribution in [0.15, 0.2) is 72.0 Å². The molecule has 4 rings (SSSR count). The first kappa shape index (κ1) is 24.9. The summed E-state index contributed by atoms with van der Waals surface area (Å²) in [5, 5.41) is 0.654. The molecule has 2 aromatic carbocycles. The molecule has 1 amide bonds. The Bertz CT molecular complexity index is 1240. The fraction of sp³-hybridized carbons (Fsp3) is 0.320. The van der Waals surface area contributed by atoms with Gasteiger partial charge < -0.3 is 9.80 Å². The molecule has 3 aromatic rings. The van der Waals surface area contributed by atoms with Crippen LogP contribution in [0.3, 0.4) is 0 Å². The summed E-state index contributed by atoms with van der Waals surface area (Å²) in [5.41, 5.74) is 1.89. The molecule has 1 unspecified atom stereocenters. The van der Waals surface area contributed by atoms with Crippen molar-refractivity contribution in [3.05, 3.63) is 77.7 Å². The highest BCUT2D eigenvalue weighted by atomic mass is 35.5.